The molecule has 0 saturated heterocycles. The Balaban J connectivity index is 1.39. The van der Waals surface area contributed by atoms with E-state index in [2.05, 4.69) is 24.5 Å². The van der Waals surface area contributed by atoms with Gasteiger partial charge >= 0.3 is 0 Å². The molecular formula is C28H36N4O4S. The van der Waals surface area contributed by atoms with E-state index in [0.29, 0.717) is 41.6 Å². The fourth-order valence-electron chi connectivity index (χ4n) is 4.70. The molecule has 0 radical (unpaired) electrons. The van der Waals surface area contributed by atoms with Crippen molar-refractivity contribution in [2.75, 3.05) is 12.3 Å². The highest BCUT2D eigenvalue weighted by Crippen LogP contribution is 2.31. The van der Waals surface area contributed by atoms with Crippen LogP contribution in [-0.2, 0) is 22.7 Å². The Morgan fingerprint density at radius 3 is 2.62 bits per heavy atom. The third kappa shape index (κ3) is 7.47. The Bertz CT molecular complexity index is 1250. The number of aromatic nitrogens is 2. The van der Waals surface area contributed by atoms with Gasteiger partial charge in [-0.05, 0) is 68.2 Å². The average molecular weight is 525 g/mol. The van der Waals surface area contributed by atoms with Gasteiger partial charge in [0, 0.05) is 19.0 Å². The molecule has 0 bridgehead atoms. The molecule has 0 spiro atoms. The van der Waals surface area contributed by atoms with Crippen LogP contribution in [0.5, 0.6) is 0 Å². The van der Waals surface area contributed by atoms with Gasteiger partial charge in [-0.1, -0.05) is 37.7 Å². The van der Waals surface area contributed by atoms with Crippen molar-refractivity contribution in [2.24, 2.45) is 17.8 Å². The van der Waals surface area contributed by atoms with Crippen LogP contribution in [0.15, 0.2) is 57.0 Å². The molecule has 1 saturated carbocycles. The number of benzene rings is 1. The van der Waals surface area contributed by atoms with Crippen LogP contribution in [0.25, 0.3) is 10.9 Å². The van der Waals surface area contributed by atoms with E-state index < -0.39 is 0 Å². The maximum atomic E-state index is 13.4. The first-order valence-corrected chi connectivity index (χ1v) is 14.1. The van der Waals surface area contributed by atoms with Crippen LogP contribution in [0.3, 0.4) is 0 Å². The molecule has 2 heterocycles. The van der Waals surface area contributed by atoms with Gasteiger partial charge in [-0.3, -0.25) is 19.0 Å². The fraction of sp³-hybridized carbons (Fsp3) is 0.500. The third-order valence-electron chi connectivity index (χ3n) is 6.88. The summed E-state index contributed by atoms with van der Waals surface area (Å²) in [6.45, 7) is 5.83. The first-order valence-electron chi connectivity index (χ1n) is 13.1. The van der Waals surface area contributed by atoms with Crippen molar-refractivity contribution in [1.82, 2.24) is 20.2 Å². The Morgan fingerprint density at radius 1 is 1.11 bits per heavy atom. The lowest BCUT2D eigenvalue weighted by atomic mass is 9.81. The molecule has 2 N–H and O–H groups in total. The zero-order chi connectivity index (χ0) is 26.2. The second kappa shape index (κ2) is 12.9. The highest BCUT2D eigenvalue weighted by atomic mass is 32.2. The van der Waals surface area contributed by atoms with E-state index in [4.69, 9.17) is 9.40 Å². The summed E-state index contributed by atoms with van der Waals surface area (Å²) in [5.74, 6) is 1.72. The molecule has 1 fully saturated rings. The molecule has 1 aliphatic rings. The van der Waals surface area contributed by atoms with Crippen molar-refractivity contribution in [3.05, 3.63) is 58.8 Å². The number of para-hydroxylation sites is 1. The van der Waals surface area contributed by atoms with Crippen molar-refractivity contribution in [3.63, 3.8) is 0 Å². The predicted molar refractivity (Wildman–Crippen MR) is 145 cm³/mol. The van der Waals surface area contributed by atoms with Crippen molar-refractivity contribution in [1.29, 1.82) is 0 Å². The molecule has 8 nitrogen and oxygen atoms in total. The van der Waals surface area contributed by atoms with Crippen LogP contribution in [0, 0.1) is 17.8 Å². The molecule has 0 unspecified atom stereocenters. The summed E-state index contributed by atoms with van der Waals surface area (Å²) >= 11 is 1.31. The van der Waals surface area contributed by atoms with E-state index >= 15 is 0 Å². The molecule has 9 heteroatoms. The maximum Gasteiger partial charge on any atom is 0.262 e. The molecule has 2 aromatic heterocycles. The van der Waals surface area contributed by atoms with Gasteiger partial charge in [-0.15, -0.1) is 0 Å². The number of hydrogen-bond donors (Lipinski definition) is 2. The quantitative estimate of drug-likeness (QED) is 0.285. The number of amides is 2. The van der Waals surface area contributed by atoms with Gasteiger partial charge in [-0.2, -0.15) is 0 Å². The standard InChI is InChI=1S/C28H36N4O4S/c1-19(2)13-14-29-25(33)18-37-28-31-24-8-4-3-7-23(24)27(35)32(28)17-20-9-11-21(12-10-20)26(34)30-16-22-6-5-15-36-22/h3-8,15,19-21H,9-14,16-18H2,1-2H3,(H,29,33)(H,30,34). The Hall–Kier alpha value is -3.07. The van der Waals surface area contributed by atoms with Crippen molar-refractivity contribution >= 4 is 34.5 Å². The number of rotatable bonds is 11. The fourth-order valence-corrected chi connectivity index (χ4v) is 5.54. The van der Waals surface area contributed by atoms with E-state index in [0.717, 1.165) is 37.9 Å². The van der Waals surface area contributed by atoms with Gasteiger partial charge in [0.1, 0.15) is 5.76 Å². The Kier molecular flexibility index (Phi) is 9.44. The first-order chi connectivity index (χ1) is 17.9. The third-order valence-corrected chi connectivity index (χ3v) is 7.85. The lowest BCUT2D eigenvalue weighted by Crippen LogP contribution is -2.34. The predicted octanol–water partition coefficient (Wildman–Crippen LogP) is 4.37. The highest BCUT2D eigenvalue weighted by molar-refractivity contribution is 7.99. The first kappa shape index (κ1) is 27.0. The molecule has 37 heavy (non-hydrogen) atoms. The lowest BCUT2D eigenvalue weighted by Gasteiger charge is -2.28. The second-order valence-corrected chi connectivity index (χ2v) is 11.1. The van der Waals surface area contributed by atoms with Gasteiger partial charge in [0.2, 0.25) is 11.8 Å². The van der Waals surface area contributed by atoms with Gasteiger partial charge in [0.15, 0.2) is 5.16 Å². The zero-order valence-corrected chi connectivity index (χ0v) is 22.4. The van der Waals surface area contributed by atoms with E-state index in [1.165, 1.54) is 11.8 Å². The summed E-state index contributed by atoms with van der Waals surface area (Å²) in [7, 11) is 0. The van der Waals surface area contributed by atoms with Gasteiger partial charge < -0.3 is 15.1 Å². The minimum atomic E-state index is -0.0772. The van der Waals surface area contributed by atoms with Crippen LogP contribution in [0.4, 0.5) is 0 Å². The molecule has 198 valence electrons. The monoisotopic (exact) mass is 524 g/mol. The van der Waals surface area contributed by atoms with E-state index in [1.54, 1.807) is 16.9 Å². The van der Waals surface area contributed by atoms with Crippen molar-refractivity contribution < 1.29 is 14.0 Å². The Labute approximate surface area is 221 Å². The van der Waals surface area contributed by atoms with E-state index in [-0.39, 0.29) is 35.0 Å². The molecular weight excluding hydrogens is 488 g/mol. The normalized spacial score (nSPS) is 17.7. The van der Waals surface area contributed by atoms with Crippen LogP contribution < -0.4 is 16.2 Å². The summed E-state index contributed by atoms with van der Waals surface area (Å²) in [6, 6.07) is 11.0. The summed E-state index contributed by atoms with van der Waals surface area (Å²) in [5.41, 5.74) is 0.565. The zero-order valence-electron chi connectivity index (χ0n) is 21.6. The van der Waals surface area contributed by atoms with Crippen molar-refractivity contribution in [2.45, 2.75) is 64.2 Å². The van der Waals surface area contributed by atoms with Crippen molar-refractivity contribution in [3.8, 4) is 0 Å². The summed E-state index contributed by atoms with van der Waals surface area (Å²) in [4.78, 5) is 43.2. The number of carbonyl (C=O) groups excluding carboxylic acids is 2. The molecule has 1 aliphatic carbocycles. The second-order valence-electron chi connectivity index (χ2n) is 10.2. The van der Waals surface area contributed by atoms with Crippen LogP contribution >= 0.6 is 11.8 Å². The number of nitrogens with one attached hydrogen (secondary N) is 2. The molecule has 3 aromatic rings. The number of nitrogens with zero attached hydrogens (tertiary/aromatic N) is 2. The Morgan fingerprint density at radius 2 is 1.89 bits per heavy atom. The van der Waals surface area contributed by atoms with Gasteiger partial charge in [0.05, 0.1) is 29.5 Å². The van der Waals surface area contributed by atoms with E-state index in [1.807, 2.05) is 30.3 Å². The minimum absolute atomic E-state index is 0.0268. The largest absolute Gasteiger partial charge is 0.467 e. The summed E-state index contributed by atoms with van der Waals surface area (Å²) in [5, 5.41) is 7.07. The molecule has 0 aliphatic heterocycles. The molecule has 4 rings (SSSR count). The lowest BCUT2D eigenvalue weighted by molar-refractivity contribution is -0.126. The number of fused-ring (bicyclic) bond motifs is 1. The smallest absolute Gasteiger partial charge is 0.262 e. The minimum Gasteiger partial charge on any atom is -0.467 e. The molecule has 0 atom stereocenters. The maximum absolute atomic E-state index is 13.4. The number of hydrogen-bond acceptors (Lipinski definition) is 6. The summed E-state index contributed by atoms with van der Waals surface area (Å²) in [6.07, 6.45) is 5.81. The van der Waals surface area contributed by atoms with Crippen LogP contribution in [-0.4, -0.2) is 33.7 Å². The number of carbonyl (C=O) groups is 2. The topological polar surface area (TPSA) is 106 Å². The van der Waals surface area contributed by atoms with E-state index in [9.17, 15) is 14.4 Å². The highest BCUT2D eigenvalue weighted by Gasteiger charge is 2.27. The SMILES string of the molecule is CC(C)CCNC(=O)CSc1nc2ccccc2c(=O)n1CC1CCC(C(=O)NCc2ccco2)CC1. The van der Waals surface area contributed by atoms with Crippen LogP contribution in [0.1, 0.15) is 51.7 Å². The van der Waals surface area contributed by atoms with Crippen LogP contribution in [0.2, 0.25) is 0 Å². The summed E-state index contributed by atoms with van der Waals surface area (Å²) < 4.78 is 7.02. The van der Waals surface area contributed by atoms with Gasteiger partial charge in [-0.25, -0.2) is 4.98 Å². The van der Waals surface area contributed by atoms with Gasteiger partial charge in [0.25, 0.3) is 5.56 Å². The average Bonchev–Trinajstić information content (AvgIpc) is 3.42. The molecule has 1 aromatic carbocycles. The molecule has 2 amide bonds. The number of thioether (sulfide) groups is 1. The number of furan rings is 1.